The number of carbonyl (C=O) groups excluding carboxylic acids is 1. The van der Waals surface area contributed by atoms with Crippen molar-refractivity contribution in [2.45, 2.75) is 155 Å². The van der Waals surface area contributed by atoms with Crippen molar-refractivity contribution < 1.29 is 19.4 Å². The number of unbranched alkanes of at least 4 members (excludes halogenated alkanes) is 8. The molecule has 1 atom stereocenters. The number of aliphatic carboxylic acids is 1. The van der Waals surface area contributed by atoms with E-state index in [-0.39, 0.29) is 18.5 Å². The number of carboxylic acid groups (broad SMARTS) is 1. The normalized spacial score (nSPS) is 13.2. The summed E-state index contributed by atoms with van der Waals surface area (Å²) in [5, 5.41) is 8.96. The molecule has 0 aromatic carbocycles. The molecule has 0 aliphatic heterocycles. The molecular weight excluding hydrogens is 520 g/mol. The van der Waals surface area contributed by atoms with E-state index in [0.717, 1.165) is 57.8 Å². The lowest BCUT2D eigenvalue weighted by Gasteiger charge is -2.17. The summed E-state index contributed by atoms with van der Waals surface area (Å²) in [5.74, 6) is -0.966. The first-order valence-electron chi connectivity index (χ1n) is 16.9. The van der Waals surface area contributed by atoms with Crippen LogP contribution >= 0.6 is 0 Å². The molecule has 42 heavy (non-hydrogen) atoms. The van der Waals surface area contributed by atoms with E-state index in [1.807, 2.05) is 6.08 Å². The molecule has 4 heteroatoms. The summed E-state index contributed by atoms with van der Waals surface area (Å²) in [5.41, 5.74) is 0. The minimum absolute atomic E-state index is 0.129. The number of carboxylic acids is 1. The molecule has 0 rings (SSSR count). The van der Waals surface area contributed by atoms with Crippen molar-refractivity contribution in [3.63, 3.8) is 0 Å². The summed E-state index contributed by atoms with van der Waals surface area (Å²) in [7, 11) is 0. The number of rotatable bonds is 29. The predicted octanol–water partition coefficient (Wildman–Crippen LogP) is 11.6. The fourth-order valence-corrected chi connectivity index (χ4v) is 4.51. The number of carbonyl (C=O) groups is 2. The molecule has 0 saturated carbocycles. The van der Waals surface area contributed by atoms with Gasteiger partial charge in [0.1, 0.15) is 6.10 Å². The zero-order chi connectivity index (χ0) is 30.8. The van der Waals surface area contributed by atoms with Gasteiger partial charge in [-0.3, -0.25) is 9.59 Å². The predicted molar refractivity (Wildman–Crippen MR) is 181 cm³/mol. The van der Waals surface area contributed by atoms with E-state index in [1.165, 1.54) is 44.9 Å². The van der Waals surface area contributed by atoms with Crippen molar-refractivity contribution in [1.29, 1.82) is 0 Å². The van der Waals surface area contributed by atoms with E-state index in [1.54, 1.807) is 0 Å². The first kappa shape index (κ1) is 39.4. The highest BCUT2D eigenvalue weighted by atomic mass is 16.5. The average Bonchev–Trinajstić information content (AvgIpc) is 2.97. The van der Waals surface area contributed by atoms with Crippen LogP contribution in [0.5, 0.6) is 0 Å². The molecular formula is C38H62O4. The summed E-state index contributed by atoms with van der Waals surface area (Å²) in [6.45, 7) is 4.39. The van der Waals surface area contributed by atoms with Gasteiger partial charge in [-0.25, -0.2) is 0 Å². The van der Waals surface area contributed by atoms with Crippen molar-refractivity contribution >= 4 is 11.9 Å². The van der Waals surface area contributed by atoms with Gasteiger partial charge in [-0.1, -0.05) is 138 Å². The van der Waals surface area contributed by atoms with Crippen LogP contribution in [0.3, 0.4) is 0 Å². The summed E-state index contributed by atoms with van der Waals surface area (Å²) in [6.07, 6.45) is 46.3. The van der Waals surface area contributed by atoms with Gasteiger partial charge in [0, 0.05) is 12.8 Å². The van der Waals surface area contributed by atoms with E-state index in [0.29, 0.717) is 25.7 Å². The lowest BCUT2D eigenvalue weighted by molar-refractivity contribution is -0.149. The number of hydrogen-bond acceptors (Lipinski definition) is 3. The molecule has 0 amide bonds. The lowest BCUT2D eigenvalue weighted by Crippen LogP contribution is -2.18. The van der Waals surface area contributed by atoms with Crippen molar-refractivity contribution in [2.75, 3.05) is 0 Å². The highest BCUT2D eigenvalue weighted by molar-refractivity contribution is 5.69. The van der Waals surface area contributed by atoms with E-state index < -0.39 is 5.97 Å². The van der Waals surface area contributed by atoms with Crippen molar-refractivity contribution in [2.24, 2.45) is 0 Å². The van der Waals surface area contributed by atoms with Gasteiger partial charge in [0.2, 0.25) is 0 Å². The third kappa shape index (κ3) is 31.9. The number of ether oxygens (including phenoxy) is 1. The third-order valence-corrected chi connectivity index (χ3v) is 6.96. The summed E-state index contributed by atoms with van der Waals surface area (Å²) in [6, 6.07) is 0. The fourth-order valence-electron chi connectivity index (χ4n) is 4.51. The SMILES string of the molecule is CC/C=C\C/C=C\C/C=C\C/C=C\C/C=C\C/C=C\CCC(=O)OC(CCCCCCCCCCC)CCCC(=O)O. The first-order chi connectivity index (χ1) is 20.6. The Labute approximate surface area is 258 Å². The molecule has 0 aliphatic rings. The highest BCUT2D eigenvalue weighted by Gasteiger charge is 2.14. The molecule has 0 saturated heterocycles. The Bertz CT molecular complexity index is 800. The number of hydrogen-bond donors (Lipinski definition) is 1. The molecule has 1 N–H and O–H groups in total. The number of esters is 1. The molecule has 0 spiro atoms. The molecule has 1 unspecified atom stereocenters. The van der Waals surface area contributed by atoms with Crippen LogP contribution in [0.4, 0.5) is 0 Å². The summed E-state index contributed by atoms with van der Waals surface area (Å²) in [4.78, 5) is 23.3. The van der Waals surface area contributed by atoms with Gasteiger partial charge < -0.3 is 9.84 Å². The first-order valence-corrected chi connectivity index (χ1v) is 16.9. The zero-order valence-electron chi connectivity index (χ0n) is 27.0. The Kier molecular flexibility index (Phi) is 30.8. The minimum Gasteiger partial charge on any atom is -0.481 e. The molecule has 0 fully saturated rings. The minimum atomic E-state index is -0.791. The largest absolute Gasteiger partial charge is 0.481 e. The Morgan fingerprint density at radius 2 is 0.976 bits per heavy atom. The fraction of sp³-hybridized carbons (Fsp3) is 0.632. The van der Waals surface area contributed by atoms with Gasteiger partial charge in [0.15, 0.2) is 0 Å². The lowest BCUT2D eigenvalue weighted by atomic mass is 10.0. The van der Waals surface area contributed by atoms with E-state index >= 15 is 0 Å². The van der Waals surface area contributed by atoms with Crippen molar-refractivity contribution in [3.05, 3.63) is 72.9 Å². The van der Waals surface area contributed by atoms with Crippen LogP contribution in [0.15, 0.2) is 72.9 Å². The van der Waals surface area contributed by atoms with Gasteiger partial charge in [-0.15, -0.1) is 0 Å². The van der Waals surface area contributed by atoms with Crippen molar-refractivity contribution in [1.82, 2.24) is 0 Å². The standard InChI is InChI=1S/C38H62O4/c1-3-5-7-9-11-13-14-15-16-17-18-19-20-21-22-24-26-28-30-35-38(41)42-36(33-31-34-37(39)40)32-29-27-25-23-12-10-8-6-4-2/h5,7,11,13,15-16,18-19,21-22,26,28,36H,3-4,6,8-10,12,14,17,20,23-25,27,29-35H2,1-2H3,(H,39,40)/b7-5-,13-11-,16-15-,19-18-,22-21-,28-26-. The van der Waals surface area contributed by atoms with Crippen LogP contribution in [0.25, 0.3) is 0 Å². The molecule has 0 aliphatic carbocycles. The van der Waals surface area contributed by atoms with Gasteiger partial charge in [0.05, 0.1) is 0 Å². The Hall–Kier alpha value is -2.62. The number of allylic oxidation sites excluding steroid dienone is 12. The zero-order valence-corrected chi connectivity index (χ0v) is 27.0. The van der Waals surface area contributed by atoms with Crippen LogP contribution < -0.4 is 0 Å². The second-order valence-electron chi connectivity index (χ2n) is 11.0. The second kappa shape index (κ2) is 32.9. The average molecular weight is 583 g/mol. The van der Waals surface area contributed by atoms with Crippen LogP contribution in [-0.4, -0.2) is 23.1 Å². The van der Waals surface area contributed by atoms with Crippen LogP contribution in [-0.2, 0) is 14.3 Å². The van der Waals surface area contributed by atoms with Crippen LogP contribution in [0, 0.1) is 0 Å². The van der Waals surface area contributed by atoms with E-state index in [2.05, 4.69) is 80.7 Å². The molecule has 0 aromatic heterocycles. The monoisotopic (exact) mass is 582 g/mol. The quantitative estimate of drug-likeness (QED) is 0.0541. The van der Waals surface area contributed by atoms with Crippen LogP contribution in [0.2, 0.25) is 0 Å². The van der Waals surface area contributed by atoms with E-state index in [9.17, 15) is 9.59 Å². The third-order valence-electron chi connectivity index (χ3n) is 6.96. The summed E-state index contributed by atoms with van der Waals surface area (Å²) < 4.78 is 5.74. The molecule has 0 bridgehead atoms. The van der Waals surface area contributed by atoms with Gasteiger partial charge in [-0.05, 0) is 70.6 Å². The highest BCUT2D eigenvalue weighted by Crippen LogP contribution is 2.17. The smallest absolute Gasteiger partial charge is 0.306 e. The Balaban J connectivity index is 4.03. The molecule has 0 heterocycles. The van der Waals surface area contributed by atoms with Gasteiger partial charge >= 0.3 is 11.9 Å². The topological polar surface area (TPSA) is 63.6 Å². The Morgan fingerprint density at radius 3 is 1.45 bits per heavy atom. The second-order valence-corrected chi connectivity index (χ2v) is 11.0. The maximum absolute atomic E-state index is 12.4. The van der Waals surface area contributed by atoms with Crippen LogP contribution in [0.1, 0.15) is 149 Å². The maximum atomic E-state index is 12.4. The van der Waals surface area contributed by atoms with Gasteiger partial charge in [-0.2, -0.15) is 0 Å². The van der Waals surface area contributed by atoms with Gasteiger partial charge in [0.25, 0.3) is 0 Å². The Morgan fingerprint density at radius 1 is 0.548 bits per heavy atom. The summed E-state index contributed by atoms with van der Waals surface area (Å²) >= 11 is 0. The maximum Gasteiger partial charge on any atom is 0.306 e. The molecule has 4 nitrogen and oxygen atoms in total. The van der Waals surface area contributed by atoms with Crippen molar-refractivity contribution in [3.8, 4) is 0 Å². The molecule has 0 aromatic rings. The van der Waals surface area contributed by atoms with E-state index in [4.69, 9.17) is 9.84 Å². The molecule has 0 radical (unpaired) electrons. The molecule has 238 valence electrons.